The minimum atomic E-state index is -0.174. The van der Waals surface area contributed by atoms with Crippen LogP contribution in [-0.4, -0.2) is 9.89 Å². The van der Waals surface area contributed by atoms with E-state index in [1.165, 1.54) is 19.3 Å². The van der Waals surface area contributed by atoms with Crippen LogP contribution < -0.4 is 0 Å². The maximum absolute atomic E-state index is 10.9. The number of carbonyl (C=O) groups is 1. The van der Waals surface area contributed by atoms with Gasteiger partial charge in [0.1, 0.15) is 3.92 Å². The molecule has 0 aliphatic rings. The van der Waals surface area contributed by atoms with Gasteiger partial charge in [0, 0.05) is 0 Å². The van der Waals surface area contributed by atoms with E-state index in [9.17, 15) is 4.79 Å². The first-order valence-corrected chi connectivity index (χ1v) is 6.08. The lowest BCUT2D eigenvalue weighted by atomic mass is 10.1. The van der Waals surface area contributed by atoms with Gasteiger partial charge in [-0.1, -0.05) is 55.2 Å². The fourth-order valence-electron chi connectivity index (χ4n) is 0.917. The van der Waals surface area contributed by atoms with Gasteiger partial charge in [-0.05, 0) is 6.42 Å². The molecule has 1 atom stereocenters. The summed E-state index contributed by atoms with van der Waals surface area (Å²) in [5.41, 5.74) is 0. The van der Waals surface area contributed by atoms with Gasteiger partial charge in [-0.2, -0.15) is 0 Å². The zero-order valence-electron chi connectivity index (χ0n) is 7.19. The number of halogens is 2. The SMILES string of the molecule is CCCCCCC(I)C(=O)OBr. The molecular weight excluding hydrogens is 335 g/mol. The quantitative estimate of drug-likeness (QED) is 0.416. The summed E-state index contributed by atoms with van der Waals surface area (Å²) >= 11 is 4.80. The molecule has 0 N–H and O–H groups in total. The zero-order valence-corrected chi connectivity index (χ0v) is 10.9. The predicted molar refractivity (Wildman–Crippen MR) is 61.6 cm³/mol. The Bertz CT molecular complexity index is 130. The smallest absolute Gasteiger partial charge is 0.330 e. The molecule has 0 aromatic rings. The van der Waals surface area contributed by atoms with Crippen molar-refractivity contribution in [2.45, 2.75) is 43.0 Å². The largest absolute Gasteiger partial charge is 0.383 e. The first kappa shape index (κ1) is 12.7. The summed E-state index contributed by atoms with van der Waals surface area (Å²) in [6.07, 6.45) is 5.74. The van der Waals surface area contributed by atoms with Crippen molar-refractivity contribution in [2.24, 2.45) is 0 Å². The minimum absolute atomic E-state index is 0.00108. The molecule has 0 fully saturated rings. The summed E-state index contributed by atoms with van der Waals surface area (Å²) in [7, 11) is 0. The standard InChI is InChI=1S/C8H14BrIO2/c1-2-3-4-5-6-7(10)8(11)12-9/h7H,2-6H2,1H3. The number of rotatable bonds is 6. The first-order chi connectivity index (χ1) is 5.72. The van der Waals surface area contributed by atoms with Crippen LogP contribution in [0.2, 0.25) is 0 Å². The minimum Gasteiger partial charge on any atom is -0.383 e. The molecule has 0 aromatic heterocycles. The molecule has 0 saturated carbocycles. The fourth-order valence-corrected chi connectivity index (χ4v) is 2.06. The molecule has 0 amide bonds. The lowest BCUT2D eigenvalue weighted by Gasteiger charge is -2.04. The maximum atomic E-state index is 10.9. The molecule has 12 heavy (non-hydrogen) atoms. The van der Waals surface area contributed by atoms with Gasteiger partial charge < -0.3 is 3.83 Å². The summed E-state index contributed by atoms with van der Waals surface area (Å²) in [5, 5.41) is 0. The lowest BCUT2D eigenvalue weighted by Crippen LogP contribution is -2.12. The van der Waals surface area contributed by atoms with Crippen molar-refractivity contribution in [1.82, 2.24) is 0 Å². The topological polar surface area (TPSA) is 26.3 Å². The van der Waals surface area contributed by atoms with E-state index in [4.69, 9.17) is 0 Å². The van der Waals surface area contributed by atoms with Crippen molar-refractivity contribution in [1.29, 1.82) is 0 Å². The highest BCUT2D eigenvalue weighted by molar-refractivity contribution is 14.1. The van der Waals surface area contributed by atoms with Crippen LogP contribution in [0.1, 0.15) is 39.0 Å². The van der Waals surface area contributed by atoms with E-state index >= 15 is 0 Å². The van der Waals surface area contributed by atoms with Crippen LogP contribution in [0.15, 0.2) is 0 Å². The molecule has 0 radical (unpaired) electrons. The Balaban J connectivity index is 3.31. The lowest BCUT2D eigenvalue weighted by molar-refractivity contribution is -0.131. The molecule has 0 bridgehead atoms. The van der Waals surface area contributed by atoms with Gasteiger partial charge in [-0.25, -0.2) is 0 Å². The van der Waals surface area contributed by atoms with Gasteiger partial charge in [0.2, 0.25) is 0 Å². The van der Waals surface area contributed by atoms with Gasteiger partial charge in [-0.3, -0.25) is 4.79 Å². The monoisotopic (exact) mass is 348 g/mol. The third-order valence-corrected chi connectivity index (χ3v) is 3.09. The predicted octanol–water partition coefficient (Wildman–Crippen LogP) is 3.61. The van der Waals surface area contributed by atoms with Crippen LogP contribution in [0, 0.1) is 0 Å². The van der Waals surface area contributed by atoms with Gasteiger partial charge in [0.15, 0.2) is 16.3 Å². The number of alkyl halides is 1. The van der Waals surface area contributed by atoms with E-state index in [0.29, 0.717) is 0 Å². The summed E-state index contributed by atoms with van der Waals surface area (Å²) < 4.78 is 4.43. The molecule has 2 nitrogen and oxygen atoms in total. The molecule has 0 saturated heterocycles. The van der Waals surface area contributed by atoms with Crippen LogP contribution in [0.5, 0.6) is 0 Å². The fraction of sp³-hybridized carbons (Fsp3) is 0.875. The van der Waals surface area contributed by atoms with Crippen molar-refractivity contribution in [3.8, 4) is 0 Å². The van der Waals surface area contributed by atoms with Crippen LogP contribution in [-0.2, 0) is 8.62 Å². The summed E-state index contributed by atoms with van der Waals surface area (Å²) in [6, 6.07) is 0. The van der Waals surface area contributed by atoms with E-state index in [-0.39, 0.29) is 9.89 Å². The molecule has 0 spiro atoms. The van der Waals surface area contributed by atoms with Crippen LogP contribution in [0.25, 0.3) is 0 Å². The zero-order chi connectivity index (χ0) is 9.40. The molecule has 0 aliphatic heterocycles. The molecular formula is C8H14BrIO2. The molecule has 0 heterocycles. The van der Waals surface area contributed by atoms with Crippen molar-refractivity contribution < 1.29 is 8.62 Å². The Morgan fingerprint density at radius 3 is 2.67 bits per heavy atom. The van der Waals surface area contributed by atoms with E-state index in [1.54, 1.807) is 0 Å². The van der Waals surface area contributed by atoms with Crippen molar-refractivity contribution in [2.75, 3.05) is 0 Å². The number of unbranched alkanes of at least 4 members (excludes halogenated alkanes) is 3. The molecule has 1 unspecified atom stereocenters. The van der Waals surface area contributed by atoms with Gasteiger partial charge in [0.25, 0.3) is 0 Å². The van der Waals surface area contributed by atoms with Crippen molar-refractivity contribution >= 4 is 44.8 Å². The maximum Gasteiger partial charge on any atom is 0.330 e. The number of hydrogen-bond acceptors (Lipinski definition) is 2. The molecule has 0 rings (SSSR count). The summed E-state index contributed by atoms with van der Waals surface area (Å²) in [5.74, 6) is -0.174. The third kappa shape index (κ3) is 6.22. The number of carbonyl (C=O) groups excluding carboxylic acids is 1. The van der Waals surface area contributed by atoms with E-state index in [1.807, 2.05) is 0 Å². The van der Waals surface area contributed by atoms with Gasteiger partial charge in [-0.15, -0.1) is 0 Å². The Kier molecular flexibility index (Phi) is 8.76. The Hall–Kier alpha value is 0.680. The average Bonchev–Trinajstić information content (AvgIpc) is 2.10. The Labute approximate surface area is 96.0 Å². The second kappa shape index (κ2) is 8.29. The van der Waals surface area contributed by atoms with E-state index in [0.717, 1.165) is 12.8 Å². The molecule has 0 aromatic carbocycles. The van der Waals surface area contributed by atoms with Crippen LogP contribution >= 0.6 is 38.8 Å². The Morgan fingerprint density at radius 1 is 1.50 bits per heavy atom. The van der Waals surface area contributed by atoms with E-state index < -0.39 is 0 Å². The normalized spacial score (nSPS) is 12.6. The van der Waals surface area contributed by atoms with Crippen LogP contribution in [0.3, 0.4) is 0 Å². The van der Waals surface area contributed by atoms with Gasteiger partial charge in [0.05, 0.1) is 0 Å². The molecule has 4 heteroatoms. The summed E-state index contributed by atoms with van der Waals surface area (Å²) in [4.78, 5) is 10.9. The average molecular weight is 349 g/mol. The summed E-state index contributed by atoms with van der Waals surface area (Å²) in [6.45, 7) is 2.17. The highest BCUT2D eigenvalue weighted by Crippen LogP contribution is 2.14. The van der Waals surface area contributed by atoms with Crippen molar-refractivity contribution in [3.63, 3.8) is 0 Å². The van der Waals surface area contributed by atoms with Crippen LogP contribution in [0.4, 0.5) is 0 Å². The van der Waals surface area contributed by atoms with E-state index in [2.05, 4.69) is 49.6 Å². The highest BCUT2D eigenvalue weighted by atomic mass is 127. The molecule has 0 aliphatic carbocycles. The second-order valence-corrected chi connectivity index (χ2v) is 4.54. The third-order valence-electron chi connectivity index (χ3n) is 1.64. The van der Waals surface area contributed by atoms with Gasteiger partial charge >= 0.3 is 5.97 Å². The first-order valence-electron chi connectivity index (χ1n) is 4.18. The molecule has 72 valence electrons. The van der Waals surface area contributed by atoms with Crippen molar-refractivity contribution in [3.05, 3.63) is 0 Å². The Morgan fingerprint density at radius 2 is 2.17 bits per heavy atom. The second-order valence-electron chi connectivity index (χ2n) is 2.71. The highest BCUT2D eigenvalue weighted by Gasteiger charge is 2.14. The number of hydrogen-bond donors (Lipinski definition) is 0.